The Bertz CT molecular complexity index is 1200. The number of rotatable bonds is 4. The van der Waals surface area contributed by atoms with Gasteiger partial charge in [-0.2, -0.15) is 4.98 Å². The molecule has 9 nitrogen and oxygen atoms in total. The SMILES string of the molecule is O=C(/C=C/c1ccc2c(c1)OCO2)Nc1nc2n(n1)[C@@H](c1ccc(Cl)cc1)CC(=O)N2. The largest absolute Gasteiger partial charge is 0.454 e. The van der Waals surface area contributed by atoms with Crippen molar-refractivity contribution in [1.82, 2.24) is 14.8 Å². The van der Waals surface area contributed by atoms with Gasteiger partial charge in [-0.25, -0.2) is 4.68 Å². The molecule has 2 aliphatic heterocycles. The molecule has 10 heteroatoms. The van der Waals surface area contributed by atoms with Crippen LogP contribution in [0.5, 0.6) is 11.5 Å². The van der Waals surface area contributed by atoms with Crippen molar-refractivity contribution >= 4 is 41.4 Å². The normalized spacial score (nSPS) is 16.8. The van der Waals surface area contributed by atoms with E-state index in [1.165, 1.54) is 6.08 Å². The molecule has 1 atom stereocenters. The van der Waals surface area contributed by atoms with Crippen molar-refractivity contribution in [3.05, 3.63) is 64.7 Å². The van der Waals surface area contributed by atoms with Crippen LogP contribution in [0.25, 0.3) is 6.08 Å². The van der Waals surface area contributed by atoms with E-state index in [1.807, 2.05) is 18.2 Å². The highest BCUT2D eigenvalue weighted by Crippen LogP contribution is 2.33. The summed E-state index contributed by atoms with van der Waals surface area (Å²) < 4.78 is 12.2. The summed E-state index contributed by atoms with van der Waals surface area (Å²) in [6, 6.07) is 12.2. The van der Waals surface area contributed by atoms with E-state index in [0.29, 0.717) is 16.5 Å². The molecule has 0 aliphatic carbocycles. The van der Waals surface area contributed by atoms with Gasteiger partial charge >= 0.3 is 0 Å². The fraction of sp³-hybridized carbons (Fsp3) is 0.143. The summed E-state index contributed by atoms with van der Waals surface area (Å²) in [6.07, 6.45) is 3.22. The Morgan fingerprint density at radius 2 is 2.00 bits per heavy atom. The highest BCUT2D eigenvalue weighted by atomic mass is 35.5. The predicted molar refractivity (Wildman–Crippen MR) is 113 cm³/mol. The summed E-state index contributed by atoms with van der Waals surface area (Å²) in [4.78, 5) is 28.7. The number of ether oxygens (including phenoxy) is 2. The monoisotopic (exact) mass is 437 g/mol. The third-order valence-electron chi connectivity index (χ3n) is 4.87. The lowest BCUT2D eigenvalue weighted by Crippen LogP contribution is -2.29. The number of carbonyl (C=O) groups excluding carboxylic acids is 2. The van der Waals surface area contributed by atoms with E-state index in [-0.39, 0.29) is 37.1 Å². The molecule has 31 heavy (non-hydrogen) atoms. The Balaban J connectivity index is 1.32. The fourth-order valence-corrected chi connectivity index (χ4v) is 3.53. The number of halogens is 1. The van der Waals surface area contributed by atoms with Gasteiger partial charge in [0.1, 0.15) is 0 Å². The second-order valence-corrected chi connectivity index (χ2v) is 7.39. The number of hydrogen-bond acceptors (Lipinski definition) is 6. The molecule has 0 radical (unpaired) electrons. The molecule has 2 N–H and O–H groups in total. The number of anilines is 2. The lowest BCUT2D eigenvalue weighted by Gasteiger charge is -2.23. The maximum Gasteiger partial charge on any atom is 0.250 e. The summed E-state index contributed by atoms with van der Waals surface area (Å²) in [5.41, 5.74) is 1.65. The third-order valence-corrected chi connectivity index (χ3v) is 5.12. The molecule has 0 bridgehead atoms. The summed E-state index contributed by atoms with van der Waals surface area (Å²) in [5, 5.41) is 10.3. The van der Waals surface area contributed by atoms with Crippen molar-refractivity contribution in [3.63, 3.8) is 0 Å². The highest BCUT2D eigenvalue weighted by Gasteiger charge is 2.29. The van der Waals surface area contributed by atoms with Gasteiger partial charge in [-0.05, 0) is 41.5 Å². The first-order chi connectivity index (χ1) is 15.0. The van der Waals surface area contributed by atoms with Crippen molar-refractivity contribution < 1.29 is 19.1 Å². The molecule has 3 heterocycles. The van der Waals surface area contributed by atoms with E-state index in [1.54, 1.807) is 35.0 Å². The Morgan fingerprint density at radius 1 is 1.19 bits per heavy atom. The summed E-state index contributed by atoms with van der Waals surface area (Å²) in [7, 11) is 0. The van der Waals surface area contributed by atoms with Gasteiger partial charge in [0, 0.05) is 11.1 Å². The van der Waals surface area contributed by atoms with Crippen LogP contribution in [-0.2, 0) is 9.59 Å². The van der Waals surface area contributed by atoms with Crippen LogP contribution < -0.4 is 20.1 Å². The average molecular weight is 438 g/mol. The van der Waals surface area contributed by atoms with E-state index < -0.39 is 5.91 Å². The zero-order valence-corrected chi connectivity index (χ0v) is 16.8. The van der Waals surface area contributed by atoms with Crippen LogP contribution in [0.4, 0.5) is 11.9 Å². The van der Waals surface area contributed by atoms with Crippen molar-refractivity contribution in [2.45, 2.75) is 12.5 Å². The molecule has 5 rings (SSSR count). The molecule has 3 aromatic rings. The standard InChI is InChI=1S/C21H16ClN5O4/c22-14-5-3-13(4-6-14)15-10-19(29)24-21-25-20(26-27(15)21)23-18(28)8-2-12-1-7-16-17(9-12)31-11-30-16/h1-9,15H,10-11H2,(H2,23,24,25,26,28,29)/b8-2+/t15-/m1/s1. The molecule has 0 fully saturated rings. The van der Waals surface area contributed by atoms with E-state index in [9.17, 15) is 9.59 Å². The molecule has 0 saturated carbocycles. The Labute approximate surface area is 181 Å². The van der Waals surface area contributed by atoms with E-state index in [4.69, 9.17) is 21.1 Å². The molecular weight excluding hydrogens is 422 g/mol. The summed E-state index contributed by atoms with van der Waals surface area (Å²) >= 11 is 5.96. The first-order valence-corrected chi connectivity index (χ1v) is 9.83. The van der Waals surface area contributed by atoms with E-state index in [2.05, 4.69) is 20.7 Å². The van der Waals surface area contributed by atoms with Crippen LogP contribution in [0.15, 0.2) is 48.5 Å². The average Bonchev–Trinajstić information content (AvgIpc) is 3.38. The maximum atomic E-state index is 12.3. The van der Waals surface area contributed by atoms with Gasteiger partial charge in [-0.1, -0.05) is 29.8 Å². The van der Waals surface area contributed by atoms with Gasteiger partial charge in [-0.3, -0.25) is 20.2 Å². The zero-order valence-electron chi connectivity index (χ0n) is 16.0. The van der Waals surface area contributed by atoms with Gasteiger partial charge in [-0.15, -0.1) is 5.10 Å². The second-order valence-electron chi connectivity index (χ2n) is 6.96. The van der Waals surface area contributed by atoms with Crippen LogP contribution in [0.2, 0.25) is 5.02 Å². The Hall–Kier alpha value is -3.85. The topological polar surface area (TPSA) is 107 Å². The molecule has 0 spiro atoms. The van der Waals surface area contributed by atoms with Gasteiger partial charge in [0.25, 0.3) is 11.9 Å². The fourth-order valence-electron chi connectivity index (χ4n) is 3.40. The van der Waals surface area contributed by atoms with Crippen LogP contribution in [-0.4, -0.2) is 33.4 Å². The van der Waals surface area contributed by atoms with Crippen LogP contribution in [0.3, 0.4) is 0 Å². The first-order valence-electron chi connectivity index (χ1n) is 9.46. The number of aromatic nitrogens is 3. The maximum absolute atomic E-state index is 12.3. The zero-order chi connectivity index (χ0) is 21.4. The van der Waals surface area contributed by atoms with Crippen molar-refractivity contribution in [2.24, 2.45) is 0 Å². The molecule has 1 aromatic heterocycles. The van der Waals surface area contributed by atoms with Crippen molar-refractivity contribution in [3.8, 4) is 11.5 Å². The predicted octanol–water partition coefficient (Wildman–Crippen LogP) is 3.24. The Morgan fingerprint density at radius 3 is 2.84 bits per heavy atom. The van der Waals surface area contributed by atoms with Gasteiger partial charge in [0.15, 0.2) is 11.5 Å². The molecular formula is C21H16ClN5O4. The molecule has 156 valence electrons. The van der Waals surface area contributed by atoms with Crippen molar-refractivity contribution in [1.29, 1.82) is 0 Å². The number of nitrogens with zero attached hydrogens (tertiary/aromatic N) is 3. The number of amides is 2. The van der Waals surface area contributed by atoms with Crippen LogP contribution >= 0.6 is 11.6 Å². The first kappa shape index (κ1) is 19.1. The Kier molecular flexibility index (Phi) is 4.79. The van der Waals surface area contributed by atoms with Gasteiger partial charge in [0.2, 0.25) is 18.6 Å². The third kappa shape index (κ3) is 3.95. The number of hydrogen-bond donors (Lipinski definition) is 2. The van der Waals surface area contributed by atoms with E-state index in [0.717, 1.165) is 11.1 Å². The second kappa shape index (κ2) is 7.77. The molecule has 0 unspecified atom stereocenters. The molecule has 0 saturated heterocycles. The molecule has 2 aliphatic rings. The van der Waals surface area contributed by atoms with Gasteiger partial charge in [0.05, 0.1) is 12.5 Å². The van der Waals surface area contributed by atoms with Crippen LogP contribution in [0, 0.1) is 0 Å². The lowest BCUT2D eigenvalue weighted by molar-refractivity contribution is -0.117. The van der Waals surface area contributed by atoms with Gasteiger partial charge < -0.3 is 9.47 Å². The van der Waals surface area contributed by atoms with Crippen molar-refractivity contribution in [2.75, 3.05) is 17.4 Å². The molecule has 2 aromatic carbocycles. The summed E-state index contributed by atoms with van der Waals surface area (Å²) in [6.45, 7) is 0.188. The minimum Gasteiger partial charge on any atom is -0.454 e. The molecule has 2 amide bonds. The minimum atomic E-state index is -0.407. The minimum absolute atomic E-state index is 0.0940. The van der Waals surface area contributed by atoms with E-state index >= 15 is 0 Å². The highest BCUT2D eigenvalue weighted by molar-refractivity contribution is 6.30. The lowest BCUT2D eigenvalue weighted by atomic mass is 10.0. The number of benzene rings is 2. The van der Waals surface area contributed by atoms with Crippen LogP contribution in [0.1, 0.15) is 23.6 Å². The summed E-state index contributed by atoms with van der Waals surface area (Å²) in [5.74, 6) is 1.08. The quantitative estimate of drug-likeness (QED) is 0.607. The number of nitrogens with one attached hydrogen (secondary N) is 2. The number of fused-ring (bicyclic) bond motifs is 2. The smallest absolute Gasteiger partial charge is 0.250 e. The number of carbonyl (C=O) groups is 2.